The van der Waals surface area contributed by atoms with Crippen LogP contribution in [0, 0.1) is 17.8 Å². The van der Waals surface area contributed by atoms with Gasteiger partial charge in [-0.05, 0) is 38.5 Å². The molecule has 6 unspecified atom stereocenters. The number of aliphatic hydroxyl groups is 1. The van der Waals surface area contributed by atoms with Crippen LogP contribution in [-0.4, -0.2) is 35.4 Å². The van der Waals surface area contributed by atoms with Crippen molar-refractivity contribution in [2.45, 2.75) is 50.9 Å². The van der Waals surface area contributed by atoms with Crippen molar-refractivity contribution < 1.29 is 24.2 Å². The molecule has 0 aromatic carbocycles. The Balaban J connectivity index is 1.80. The lowest BCUT2D eigenvalue weighted by atomic mass is 9.67. The van der Waals surface area contributed by atoms with Gasteiger partial charge in [0, 0.05) is 5.92 Å². The highest BCUT2D eigenvalue weighted by Gasteiger charge is 2.51. The summed E-state index contributed by atoms with van der Waals surface area (Å²) in [5.41, 5.74) is 0. The van der Waals surface area contributed by atoms with Gasteiger partial charge >= 0.3 is 11.9 Å². The summed E-state index contributed by atoms with van der Waals surface area (Å²) < 4.78 is 10.8. The molecule has 0 spiro atoms. The predicted molar refractivity (Wildman–Crippen MR) is 60.4 cm³/mol. The number of esters is 2. The van der Waals surface area contributed by atoms with Gasteiger partial charge in [-0.15, -0.1) is 0 Å². The van der Waals surface area contributed by atoms with Crippen molar-refractivity contribution in [3.05, 3.63) is 0 Å². The number of ether oxygens (including phenoxy) is 2. The van der Waals surface area contributed by atoms with Crippen molar-refractivity contribution in [1.82, 2.24) is 0 Å². The van der Waals surface area contributed by atoms with E-state index in [0.29, 0.717) is 5.92 Å². The Morgan fingerprint density at radius 1 is 1.39 bits per heavy atom. The Kier molecular flexibility index (Phi) is 2.81. The maximum Gasteiger partial charge on any atom is 0.335 e. The van der Waals surface area contributed by atoms with E-state index in [2.05, 4.69) is 0 Å². The minimum absolute atomic E-state index is 0.0194. The van der Waals surface area contributed by atoms with Crippen LogP contribution in [0.15, 0.2) is 0 Å². The number of rotatable bonds is 2. The van der Waals surface area contributed by atoms with Gasteiger partial charge < -0.3 is 14.6 Å². The summed E-state index contributed by atoms with van der Waals surface area (Å²) in [6, 6.07) is 0. The minimum Gasteiger partial charge on any atom is -0.458 e. The predicted octanol–water partition coefficient (Wildman–Crippen LogP) is 0.641. The fraction of sp³-hybridized carbons (Fsp3) is 0.846. The quantitative estimate of drug-likeness (QED) is 0.732. The first kappa shape index (κ1) is 12.0. The lowest BCUT2D eigenvalue weighted by Gasteiger charge is -2.41. The molecule has 4 aliphatic rings. The molecule has 0 aromatic heterocycles. The number of carbonyl (C=O) groups excluding carboxylic acids is 2. The van der Waals surface area contributed by atoms with Crippen LogP contribution in [0.3, 0.4) is 0 Å². The molecule has 4 bridgehead atoms. The molecule has 0 aromatic rings. The smallest absolute Gasteiger partial charge is 0.335 e. The summed E-state index contributed by atoms with van der Waals surface area (Å²) in [4.78, 5) is 23.3. The van der Waals surface area contributed by atoms with Crippen LogP contribution in [0.2, 0.25) is 0 Å². The van der Waals surface area contributed by atoms with Gasteiger partial charge in [0.1, 0.15) is 18.3 Å². The second-order valence-electron chi connectivity index (χ2n) is 5.82. The van der Waals surface area contributed by atoms with Crippen LogP contribution >= 0.6 is 0 Å². The van der Waals surface area contributed by atoms with Gasteiger partial charge in [-0.3, -0.25) is 4.79 Å². The molecular formula is C13H18O5. The molecule has 2 aliphatic heterocycles. The lowest BCUT2D eigenvalue weighted by molar-refractivity contribution is -0.178. The van der Waals surface area contributed by atoms with E-state index < -0.39 is 12.1 Å². The highest BCUT2D eigenvalue weighted by Crippen LogP contribution is 2.48. The monoisotopic (exact) mass is 254 g/mol. The minimum atomic E-state index is -1.13. The first-order chi connectivity index (χ1) is 8.54. The van der Waals surface area contributed by atoms with Crippen molar-refractivity contribution >= 4 is 11.9 Å². The molecule has 2 aliphatic carbocycles. The van der Waals surface area contributed by atoms with E-state index in [1.165, 1.54) is 6.92 Å². The third-order valence-corrected chi connectivity index (χ3v) is 4.43. The average molecular weight is 254 g/mol. The van der Waals surface area contributed by atoms with E-state index in [1.807, 2.05) is 0 Å². The average Bonchev–Trinajstić information content (AvgIpc) is 2.47. The Labute approximate surface area is 105 Å². The van der Waals surface area contributed by atoms with E-state index in [9.17, 15) is 14.7 Å². The fourth-order valence-corrected chi connectivity index (χ4v) is 3.67. The summed E-state index contributed by atoms with van der Waals surface area (Å²) in [6.45, 7) is 1.39. The van der Waals surface area contributed by atoms with Crippen LogP contribution in [0.25, 0.3) is 0 Å². The molecule has 100 valence electrons. The maximum atomic E-state index is 11.8. The number of fused-ring (bicyclic) bond motifs is 1. The molecule has 4 fully saturated rings. The molecule has 1 N–H and O–H groups in total. The van der Waals surface area contributed by atoms with Crippen molar-refractivity contribution in [1.29, 1.82) is 0 Å². The normalized spacial score (nSPS) is 43.2. The zero-order valence-corrected chi connectivity index (χ0v) is 10.4. The first-order valence-electron chi connectivity index (χ1n) is 6.63. The molecule has 0 amide bonds. The van der Waals surface area contributed by atoms with Crippen LogP contribution < -0.4 is 0 Å². The van der Waals surface area contributed by atoms with E-state index in [-0.39, 0.29) is 30.0 Å². The molecular weight excluding hydrogens is 236 g/mol. The SMILES string of the molecule is CC(O)C(=O)OC1C2CC3CC(C2)C(=O)OC1C3. The van der Waals surface area contributed by atoms with Crippen LogP contribution in [0.5, 0.6) is 0 Å². The lowest BCUT2D eigenvalue weighted by Crippen LogP contribution is -2.46. The second kappa shape index (κ2) is 4.23. The molecule has 2 heterocycles. The summed E-state index contributed by atoms with van der Waals surface area (Å²) >= 11 is 0. The molecule has 5 nitrogen and oxygen atoms in total. The summed E-state index contributed by atoms with van der Waals surface area (Å²) in [6.07, 6.45) is 1.66. The maximum absolute atomic E-state index is 11.8. The van der Waals surface area contributed by atoms with Gasteiger partial charge in [0.2, 0.25) is 0 Å². The molecule has 2 saturated heterocycles. The van der Waals surface area contributed by atoms with Crippen molar-refractivity contribution in [2.75, 3.05) is 0 Å². The third-order valence-electron chi connectivity index (χ3n) is 4.43. The van der Waals surface area contributed by atoms with Crippen molar-refractivity contribution in [3.63, 3.8) is 0 Å². The zero-order valence-electron chi connectivity index (χ0n) is 10.4. The molecule has 0 radical (unpaired) electrons. The third kappa shape index (κ3) is 1.90. The standard InChI is InChI=1S/C13H18O5/c1-6(14)12(15)18-11-8-2-7-3-9(5-8)13(16)17-10(11)4-7/h6-11,14H,2-5H2,1H3. The van der Waals surface area contributed by atoms with Crippen LogP contribution in [-0.2, 0) is 19.1 Å². The summed E-state index contributed by atoms with van der Waals surface area (Å²) in [5.74, 6) is -0.0475. The van der Waals surface area contributed by atoms with Gasteiger partial charge in [-0.25, -0.2) is 4.79 Å². The number of hydrogen-bond acceptors (Lipinski definition) is 5. The topological polar surface area (TPSA) is 72.8 Å². The first-order valence-corrected chi connectivity index (χ1v) is 6.63. The van der Waals surface area contributed by atoms with Gasteiger partial charge in [0.25, 0.3) is 0 Å². The van der Waals surface area contributed by atoms with Gasteiger partial charge in [-0.1, -0.05) is 0 Å². The molecule has 5 heteroatoms. The van der Waals surface area contributed by atoms with E-state index in [4.69, 9.17) is 9.47 Å². The molecule has 6 atom stereocenters. The largest absolute Gasteiger partial charge is 0.458 e. The van der Waals surface area contributed by atoms with Crippen LogP contribution in [0.4, 0.5) is 0 Å². The fourth-order valence-electron chi connectivity index (χ4n) is 3.67. The zero-order chi connectivity index (χ0) is 12.9. The van der Waals surface area contributed by atoms with Gasteiger partial charge in [0.05, 0.1) is 5.92 Å². The van der Waals surface area contributed by atoms with Crippen LogP contribution in [0.1, 0.15) is 32.6 Å². The highest BCUT2D eigenvalue weighted by atomic mass is 16.6. The highest BCUT2D eigenvalue weighted by molar-refractivity contribution is 5.75. The van der Waals surface area contributed by atoms with E-state index in [0.717, 1.165) is 25.7 Å². The Morgan fingerprint density at radius 3 is 2.89 bits per heavy atom. The van der Waals surface area contributed by atoms with E-state index >= 15 is 0 Å². The number of carbonyl (C=O) groups is 2. The second-order valence-corrected chi connectivity index (χ2v) is 5.82. The Morgan fingerprint density at radius 2 is 2.17 bits per heavy atom. The molecule has 4 rings (SSSR count). The summed E-state index contributed by atoms with van der Waals surface area (Å²) in [7, 11) is 0. The van der Waals surface area contributed by atoms with E-state index in [1.54, 1.807) is 0 Å². The van der Waals surface area contributed by atoms with Gasteiger partial charge in [0.15, 0.2) is 0 Å². The van der Waals surface area contributed by atoms with Crippen molar-refractivity contribution in [3.8, 4) is 0 Å². The molecule has 2 saturated carbocycles. The Hall–Kier alpha value is -1.10. The molecule has 18 heavy (non-hydrogen) atoms. The van der Waals surface area contributed by atoms with Gasteiger partial charge in [-0.2, -0.15) is 0 Å². The number of hydrogen-bond donors (Lipinski definition) is 1. The Bertz CT molecular complexity index is 378. The summed E-state index contributed by atoms with van der Waals surface area (Å²) in [5, 5.41) is 9.22. The number of aliphatic hydroxyl groups excluding tert-OH is 1. The van der Waals surface area contributed by atoms with Crippen molar-refractivity contribution in [2.24, 2.45) is 17.8 Å².